The van der Waals surface area contributed by atoms with Gasteiger partial charge in [-0.3, -0.25) is 0 Å². The zero-order chi connectivity index (χ0) is 15.4. The zero-order valence-electron chi connectivity index (χ0n) is 13.3. The molecule has 2 aromatic rings. The van der Waals surface area contributed by atoms with Crippen molar-refractivity contribution in [2.45, 2.75) is 32.7 Å². The first kappa shape index (κ1) is 14.9. The van der Waals surface area contributed by atoms with Gasteiger partial charge in [0, 0.05) is 37.9 Å². The number of piperidine rings is 1. The van der Waals surface area contributed by atoms with Gasteiger partial charge in [-0.05, 0) is 42.7 Å². The highest BCUT2D eigenvalue weighted by atomic mass is 16.2. The molecule has 1 aromatic heterocycles. The van der Waals surface area contributed by atoms with Gasteiger partial charge >= 0.3 is 6.03 Å². The minimum absolute atomic E-state index is 0.101. The first-order valence-corrected chi connectivity index (χ1v) is 8.30. The summed E-state index contributed by atoms with van der Waals surface area (Å²) in [5.74, 6) is 0.630. The fourth-order valence-corrected chi connectivity index (χ4v) is 3.27. The van der Waals surface area contributed by atoms with E-state index in [4.69, 9.17) is 0 Å². The van der Waals surface area contributed by atoms with Gasteiger partial charge in [0.15, 0.2) is 0 Å². The predicted molar refractivity (Wildman–Crippen MR) is 89.9 cm³/mol. The van der Waals surface area contributed by atoms with Crippen LogP contribution >= 0.6 is 0 Å². The van der Waals surface area contributed by atoms with Crippen LogP contribution in [0.2, 0.25) is 0 Å². The van der Waals surface area contributed by atoms with Crippen molar-refractivity contribution in [2.24, 2.45) is 5.92 Å². The minimum atomic E-state index is 0.101. The Morgan fingerprint density at radius 1 is 1.32 bits per heavy atom. The van der Waals surface area contributed by atoms with Crippen molar-refractivity contribution in [2.75, 3.05) is 19.6 Å². The molecule has 118 valence electrons. The highest BCUT2D eigenvalue weighted by Crippen LogP contribution is 2.16. The van der Waals surface area contributed by atoms with E-state index in [1.54, 1.807) is 0 Å². The Labute approximate surface area is 132 Å². The second-order valence-corrected chi connectivity index (χ2v) is 6.35. The standard InChI is InChI=1S/C18H25N3O/c1-15-6-4-11-21(14-15)18(22)19-10-5-12-20-13-9-16-7-2-3-8-17(16)20/h2-3,7-9,13,15H,4-6,10-12,14H2,1H3,(H,19,22). The topological polar surface area (TPSA) is 37.3 Å². The smallest absolute Gasteiger partial charge is 0.317 e. The molecule has 1 aliphatic heterocycles. The Morgan fingerprint density at radius 2 is 2.18 bits per heavy atom. The SMILES string of the molecule is CC1CCCN(C(=O)NCCCn2ccc3ccccc32)C1. The highest BCUT2D eigenvalue weighted by molar-refractivity contribution is 5.79. The molecule has 1 fully saturated rings. The van der Waals surface area contributed by atoms with Crippen molar-refractivity contribution >= 4 is 16.9 Å². The van der Waals surface area contributed by atoms with E-state index in [0.717, 1.165) is 39.0 Å². The average molecular weight is 299 g/mol. The second kappa shape index (κ2) is 6.86. The van der Waals surface area contributed by atoms with Crippen molar-refractivity contribution in [3.05, 3.63) is 36.5 Å². The molecule has 0 aliphatic carbocycles. The van der Waals surface area contributed by atoms with Crippen LogP contribution in [0.3, 0.4) is 0 Å². The number of likely N-dealkylation sites (tertiary alicyclic amines) is 1. The van der Waals surface area contributed by atoms with Gasteiger partial charge in [0.1, 0.15) is 0 Å². The molecule has 2 heterocycles. The fourth-order valence-electron chi connectivity index (χ4n) is 3.27. The fraction of sp³-hybridized carbons (Fsp3) is 0.500. The molecule has 3 rings (SSSR count). The Bertz CT molecular complexity index is 634. The van der Waals surface area contributed by atoms with E-state index in [9.17, 15) is 4.79 Å². The molecule has 1 unspecified atom stereocenters. The molecule has 4 heteroatoms. The molecule has 0 bridgehead atoms. The van der Waals surface area contributed by atoms with E-state index in [2.05, 4.69) is 53.3 Å². The molecule has 4 nitrogen and oxygen atoms in total. The van der Waals surface area contributed by atoms with Crippen molar-refractivity contribution in [1.82, 2.24) is 14.8 Å². The van der Waals surface area contributed by atoms with Gasteiger partial charge in [0.05, 0.1) is 0 Å². The summed E-state index contributed by atoms with van der Waals surface area (Å²) in [6, 6.07) is 10.6. The van der Waals surface area contributed by atoms with Gasteiger partial charge in [-0.15, -0.1) is 0 Å². The summed E-state index contributed by atoms with van der Waals surface area (Å²) in [7, 11) is 0. The Morgan fingerprint density at radius 3 is 3.05 bits per heavy atom. The number of nitrogens with zero attached hydrogens (tertiary/aromatic N) is 2. The Hall–Kier alpha value is -1.97. The maximum atomic E-state index is 12.1. The van der Waals surface area contributed by atoms with Gasteiger partial charge in [0.2, 0.25) is 0 Å². The van der Waals surface area contributed by atoms with Crippen LogP contribution in [0, 0.1) is 5.92 Å². The molecule has 2 amide bonds. The predicted octanol–water partition coefficient (Wildman–Crippen LogP) is 3.47. The number of carbonyl (C=O) groups is 1. The van der Waals surface area contributed by atoms with E-state index >= 15 is 0 Å². The number of amides is 2. The molecular weight excluding hydrogens is 274 g/mol. The largest absolute Gasteiger partial charge is 0.347 e. The van der Waals surface area contributed by atoms with E-state index in [0.29, 0.717) is 5.92 Å². The zero-order valence-corrected chi connectivity index (χ0v) is 13.3. The van der Waals surface area contributed by atoms with Gasteiger partial charge < -0.3 is 14.8 Å². The number of aromatic nitrogens is 1. The van der Waals surface area contributed by atoms with E-state index < -0.39 is 0 Å². The van der Waals surface area contributed by atoms with Gasteiger partial charge in [-0.1, -0.05) is 25.1 Å². The summed E-state index contributed by atoms with van der Waals surface area (Å²) < 4.78 is 2.25. The highest BCUT2D eigenvalue weighted by Gasteiger charge is 2.20. The second-order valence-electron chi connectivity index (χ2n) is 6.35. The third kappa shape index (κ3) is 3.43. The number of rotatable bonds is 4. The van der Waals surface area contributed by atoms with Gasteiger partial charge in [-0.25, -0.2) is 4.79 Å². The van der Waals surface area contributed by atoms with Gasteiger partial charge in [0.25, 0.3) is 0 Å². The van der Waals surface area contributed by atoms with Crippen LogP contribution < -0.4 is 5.32 Å². The normalized spacial score (nSPS) is 18.6. The molecule has 1 atom stereocenters. The number of carbonyl (C=O) groups excluding carboxylic acids is 1. The lowest BCUT2D eigenvalue weighted by Gasteiger charge is -2.30. The van der Waals surface area contributed by atoms with E-state index in [1.165, 1.54) is 17.3 Å². The molecule has 1 N–H and O–H groups in total. The van der Waals surface area contributed by atoms with Gasteiger partial charge in [-0.2, -0.15) is 0 Å². The average Bonchev–Trinajstić information content (AvgIpc) is 2.95. The van der Waals surface area contributed by atoms with Crippen molar-refractivity contribution < 1.29 is 4.79 Å². The van der Waals surface area contributed by atoms with E-state index in [1.807, 2.05) is 4.90 Å². The minimum Gasteiger partial charge on any atom is -0.347 e. The Kier molecular flexibility index (Phi) is 4.66. The van der Waals surface area contributed by atoms with Crippen molar-refractivity contribution in [1.29, 1.82) is 0 Å². The van der Waals surface area contributed by atoms with Crippen LogP contribution in [0.5, 0.6) is 0 Å². The summed E-state index contributed by atoms with van der Waals surface area (Å²) in [5.41, 5.74) is 1.26. The lowest BCUT2D eigenvalue weighted by Crippen LogP contribution is -2.45. The molecule has 0 spiro atoms. The number of urea groups is 1. The number of fused-ring (bicyclic) bond motifs is 1. The van der Waals surface area contributed by atoms with Crippen LogP contribution in [0.4, 0.5) is 4.79 Å². The number of benzene rings is 1. The maximum absolute atomic E-state index is 12.1. The molecule has 0 saturated carbocycles. The third-order valence-corrected chi connectivity index (χ3v) is 4.48. The molecule has 1 saturated heterocycles. The summed E-state index contributed by atoms with van der Waals surface area (Å²) in [6.45, 7) is 5.68. The lowest BCUT2D eigenvalue weighted by atomic mass is 10.0. The lowest BCUT2D eigenvalue weighted by molar-refractivity contribution is 0.169. The van der Waals surface area contributed by atoms with Crippen LogP contribution in [-0.4, -0.2) is 35.1 Å². The van der Waals surface area contributed by atoms with Crippen LogP contribution in [0.1, 0.15) is 26.2 Å². The van der Waals surface area contributed by atoms with Crippen LogP contribution in [-0.2, 0) is 6.54 Å². The van der Waals surface area contributed by atoms with E-state index in [-0.39, 0.29) is 6.03 Å². The Balaban J connectivity index is 1.44. The number of nitrogens with one attached hydrogen (secondary N) is 1. The molecule has 22 heavy (non-hydrogen) atoms. The monoisotopic (exact) mass is 299 g/mol. The molecular formula is C18H25N3O. The number of hydrogen-bond acceptors (Lipinski definition) is 1. The quantitative estimate of drug-likeness (QED) is 0.862. The van der Waals surface area contributed by atoms with Crippen molar-refractivity contribution in [3.8, 4) is 0 Å². The molecule has 1 aliphatic rings. The number of aryl methyl sites for hydroxylation is 1. The molecule has 1 aromatic carbocycles. The summed E-state index contributed by atoms with van der Waals surface area (Å²) >= 11 is 0. The van der Waals surface area contributed by atoms with Crippen molar-refractivity contribution in [3.63, 3.8) is 0 Å². The summed E-state index contributed by atoms with van der Waals surface area (Å²) in [5, 5.41) is 4.33. The summed E-state index contributed by atoms with van der Waals surface area (Å²) in [4.78, 5) is 14.1. The third-order valence-electron chi connectivity index (χ3n) is 4.48. The first-order chi connectivity index (χ1) is 10.7. The number of hydrogen-bond donors (Lipinski definition) is 1. The molecule has 0 radical (unpaired) electrons. The summed E-state index contributed by atoms with van der Waals surface area (Å²) in [6.07, 6.45) is 5.45. The van der Waals surface area contributed by atoms with Crippen LogP contribution in [0.25, 0.3) is 10.9 Å². The maximum Gasteiger partial charge on any atom is 0.317 e. The first-order valence-electron chi connectivity index (χ1n) is 8.30. The van der Waals surface area contributed by atoms with Crippen LogP contribution in [0.15, 0.2) is 36.5 Å². The number of para-hydroxylation sites is 1.